The highest BCUT2D eigenvalue weighted by atomic mass is 32.1. The van der Waals surface area contributed by atoms with E-state index in [9.17, 15) is 9.59 Å². The van der Waals surface area contributed by atoms with Crippen molar-refractivity contribution in [3.8, 4) is 0 Å². The summed E-state index contributed by atoms with van der Waals surface area (Å²) >= 11 is 1.30. The van der Waals surface area contributed by atoms with Gasteiger partial charge in [0, 0.05) is 0 Å². The van der Waals surface area contributed by atoms with E-state index in [0.717, 1.165) is 17.8 Å². The first-order valence-electron chi connectivity index (χ1n) is 5.37. The van der Waals surface area contributed by atoms with Gasteiger partial charge in [-0.3, -0.25) is 4.79 Å². The molecule has 2 N–H and O–H groups in total. The summed E-state index contributed by atoms with van der Waals surface area (Å²) < 4.78 is 0. The molecule has 0 aromatic carbocycles. The second kappa shape index (κ2) is 5.27. The summed E-state index contributed by atoms with van der Waals surface area (Å²) in [6.07, 6.45) is 3.29. The van der Waals surface area contributed by atoms with E-state index >= 15 is 0 Å². The second-order valence-electron chi connectivity index (χ2n) is 4.25. The fourth-order valence-corrected chi connectivity index (χ4v) is 2.06. The molecule has 1 heterocycles. The average Bonchev–Trinajstić information content (AvgIpc) is 2.66. The molecule has 0 radical (unpaired) electrons. The van der Waals surface area contributed by atoms with E-state index in [2.05, 4.69) is 10.3 Å². The summed E-state index contributed by atoms with van der Waals surface area (Å²) in [5.74, 6) is -1.46. The van der Waals surface area contributed by atoms with Gasteiger partial charge in [0.2, 0.25) is 0 Å². The van der Waals surface area contributed by atoms with Crippen LogP contribution in [0.15, 0.2) is 6.20 Å². The normalized spacial score (nSPS) is 11.2. The SMILES string of the molecule is CCCc1ncc(C(=O)NC(C)(C)C(=O)O)s1. The van der Waals surface area contributed by atoms with Crippen molar-refractivity contribution in [3.63, 3.8) is 0 Å². The molecular formula is C11H16N2O3S. The number of thiazole rings is 1. The van der Waals surface area contributed by atoms with Gasteiger partial charge in [-0.1, -0.05) is 6.92 Å². The number of carboxylic acids is 1. The van der Waals surface area contributed by atoms with Crippen molar-refractivity contribution in [3.05, 3.63) is 16.1 Å². The number of carbonyl (C=O) groups excluding carboxylic acids is 1. The first-order valence-corrected chi connectivity index (χ1v) is 6.19. The van der Waals surface area contributed by atoms with Crippen LogP contribution in [0.2, 0.25) is 0 Å². The maximum atomic E-state index is 11.8. The molecule has 1 aromatic rings. The van der Waals surface area contributed by atoms with Crippen LogP contribution >= 0.6 is 11.3 Å². The van der Waals surface area contributed by atoms with Crippen molar-refractivity contribution in [1.82, 2.24) is 10.3 Å². The van der Waals surface area contributed by atoms with E-state index in [-0.39, 0.29) is 0 Å². The van der Waals surface area contributed by atoms with Crippen molar-refractivity contribution in [1.29, 1.82) is 0 Å². The Kier molecular flexibility index (Phi) is 4.22. The van der Waals surface area contributed by atoms with Gasteiger partial charge < -0.3 is 10.4 Å². The molecule has 17 heavy (non-hydrogen) atoms. The van der Waals surface area contributed by atoms with Gasteiger partial charge in [-0.2, -0.15) is 0 Å². The van der Waals surface area contributed by atoms with Crippen molar-refractivity contribution < 1.29 is 14.7 Å². The minimum atomic E-state index is -1.27. The zero-order valence-electron chi connectivity index (χ0n) is 10.1. The smallest absolute Gasteiger partial charge is 0.328 e. The van der Waals surface area contributed by atoms with Crippen molar-refractivity contribution in [2.45, 2.75) is 39.2 Å². The van der Waals surface area contributed by atoms with Gasteiger partial charge >= 0.3 is 5.97 Å². The Hall–Kier alpha value is -1.43. The van der Waals surface area contributed by atoms with Gasteiger partial charge in [0.05, 0.1) is 11.2 Å². The first kappa shape index (κ1) is 13.6. The minimum absolute atomic E-state index is 0.391. The van der Waals surface area contributed by atoms with Crippen LogP contribution in [0, 0.1) is 0 Å². The van der Waals surface area contributed by atoms with Gasteiger partial charge in [0.1, 0.15) is 10.4 Å². The summed E-state index contributed by atoms with van der Waals surface area (Å²) in [5, 5.41) is 12.3. The van der Waals surface area contributed by atoms with Crippen molar-refractivity contribution in [2.75, 3.05) is 0 Å². The topological polar surface area (TPSA) is 79.3 Å². The number of carbonyl (C=O) groups is 2. The Balaban J connectivity index is 2.73. The maximum Gasteiger partial charge on any atom is 0.328 e. The number of aryl methyl sites for hydroxylation is 1. The van der Waals surface area contributed by atoms with Gasteiger partial charge in [-0.05, 0) is 26.7 Å². The van der Waals surface area contributed by atoms with Crippen LogP contribution in [0.5, 0.6) is 0 Å². The number of aliphatic carboxylic acids is 1. The van der Waals surface area contributed by atoms with Crippen LogP contribution in [-0.2, 0) is 11.2 Å². The number of amides is 1. The molecule has 0 saturated heterocycles. The number of hydrogen-bond donors (Lipinski definition) is 2. The van der Waals surface area contributed by atoms with Crippen LogP contribution in [-0.4, -0.2) is 27.5 Å². The largest absolute Gasteiger partial charge is 0.480 e. The number of rotatable bonds is 5. The number of carboxylic acid groups (broad SMARTS) is 1. The van der Waals surface area contributed by atoms with Crippen LogP contribution in [0.1, 0.15) is 41.9 Å². The minimum Gasteiger partial charge on any atom is -0.480 e. The molecular weight excluding hydrogens is 240 g/mol. The molecule has 0 spiro atoms. The molecule has 0 atom stereocenters. The van der Waals surface area contributed by atoms with E-state index in [1.807, 2.05) is 6.92 Å². The fourth-order valence-electron chi connectivity index (χ4n) is 1.14. The summed E-state index contributed by atoms with van der Waals surface area (Å²) in [6, 6.07) is 0. The predicted octanol–water partition coefficient (Wildman–Crippen LogP) is 1.69. The predicted molar refractivity (Wildman–Crippen MR) is 65.3 cm³/mol. The third kappa shape index (κ3) is 3.52. The molecule has 0 aliphatic rings. The van der Waals surface area contributed by atoms with Crippen molar-refractivity contribution in [2.24, 2.45) is 0 Å². The number of nitrogens with one attached hydrogen (secondary N) is 1. The lowest BCUT2D eigenvalue weighted by Crippen LogP contribution is -2.49. The second-order valence-corrected chi connectivity index (χ2v) is 5.37. The third-order valence-corrected chi connectivity index (χ3v) is 3.26. The molecule has 1 aromatic heterocycles. The zero-order valence-corrected chi connectivity index (χ0v) is 10.9. The van der Waals surface area contributed by atoms with E-state index < -0.39 is 17.4 Å². The van der Waals surface area contributed by atoms with E-state index in [1.165, 1.54) is 31.4 Å². The monoisotopic (exact) mass is 256 g/mol. The van der Waals surface area contributed by atoms with E-state index in [1.54, 1.807) is 0 Å². The molecule has 0 aliphatic heterocycles. The highest BCUT2D eigenvalue weighted by Gasteiger charge is 2.29. The Morgan fingerprint density at radius 2 is 2.18 bits per heavy atom. The summed E-state index contributed by atoms with van der Waals surface area (Å²) in [4.78, 5) is 27.2. The number of aromatic nitrogens is 1. The van der Waals surface area contributed by atoms with Crippen LogP contribution in [0.4, 0.5) is 0 Å². The molecule has 6 heteroatoms. The Labute approximate surface area is 104 Å². The summed E-state index contributed by atoms with van der Waals surface area (Å²) in [7, 11) is 0. The number of hydrogen-bond acceptors (Lipinski definition) is 4. The highest BCUT2D eigenvalue weighted by Crippen LogP contribution is 2.15. The maximum absolute atomic E-state index is 11.8. The van der Waals surface area contributed by atoms with Crippen LogP contribution in [0.3, 0.4) is 0 Å². The van der Waals surface area contributed by atoms with E-state index in [4.69, 9.17) is 5.11 Å². The summed E-state index contributed by atoms with van der Waals surface area (Å²) in [6.45, 7) is 4.93. The molecule has 5 nitrogen and oxygen atoms in total. The van der Waals surface area contributed by atoms with Crippen molar-refractivity contribution >= 4 is 23.2 Å². The van der Waals surface area contributed by atoms with Crippen LogP contribution in [0.25, 0.3) is 0 Å². The molecule has 1 amide bonds. The third-order valence-electron chi connectivity index (χ3n) is 2.20. The van der Waals surface area contributed by atoms with Gasteiger partial charge in [0.25, 0.3) is 5.91 Å². The van der Waals surface area contributed by atoms with E-state index in [0.29, 0.717) is 4.88 Å². The lowest BCUT2D eigenvalue weighted by molar-refractivity contribution is -0.143. The number of nitrogens with zero attached hydrogens (tertiary/aromatic N) is 1. The first-order chi connectivity index (χ1) is 7.86. The molecule has 0 saturated carbocycles. The lowest BCUT2D eigenvalue weighted by atomic mass is 10.1. The molecule has 94 valence electrons. The molecule has 0 aliphatic carbocycles. The lowest BCUT2D eigenvalue weighted by Gasteiger charge is -2.20. The standard InChI is InChI=1S/C11H16N2O3S/c1-4-5-8-12-6-7(17-8)9(14)13-11(2,3)10(15)16/h6H,4-5H2,1-3H3,(H,13,14)(H,15,16). The Morgan fingerprint density at radius 3 is 2.71 bits per heavy atom. The molecule has 0 fully saturated rings. The zero-order chi connectivity index (χ0) is 13.1. The Morgan fingerprint density at radius 1 is 1.53 bits per heavy atom. The fraction of sp³-hybridized carbons (Fsp3) is 0.545. The quantitative estimate of drug-likeness (QED) is 0.840. The van der Waals surface area contributed by atoms with Gasteiger partial charge in [-0.15, -0.1) is 11.3 Å². The Bertz CT molecular complexity index is 426. The summed E-state index contributed by atoms with van der Waals surface area (Å²) in [5.41, 5.74) is -1.27. The van der Waals surface area contributed by atoms with Crippen LogP contribution < -0.4 is 5.32 Å². The molecule has 0 bridgehead atoms. The molecule has 0 unspecified atom stereocenters. The average molecular weight is 256 g/mol. The van der Waals surface area contributed by atoms with Gasteiger partial charge in [0.15, 0.2) is 0 Å². The van der Waals surface area contributed by atoms with Gasteiger partial charge in [-0.25, -0.2) is 9.78 Å². The highest BCUT2D eigenvalue weighted by molar-refractivity contribution is 7.13. The molecule has 1 rings (SSSR count).